The molecular formula is C30H39N3O3S2. The zero-order valence-electron chi connectivity index (χ0n) is 22.6. The van der Waals surface area contributed by atoms with Crippen LogP contribution in [0.2, 0.25) is 0 Å². The van der Waals surface area contributed by atoms with Crippen molar-refractivity contribution in [1.82, 2.24) is 14.9 Å². The number of nitrogens with one attached hydrogen (secondary N) is 2. The van der Waals surface area contributed by atoms with Gasteiger partial charge in [0.2, 0.25) is 15.9 Å². The molecule has 6 nitrogen and oxygen atoms in total. The number of thiophene rings is 1. The summed E-state index contributed by atoms with van der Waals surface area (Å²) >= 11 is 1.45. The third kappa shape index (κ3) is 5.98. The van der Waals surface area contributed by atoms with Crippen LogP contribution in [0.25, 0.3) is 10.1 Å². The Morgan fingerprint density at radius 2 is 1.89 bits per heavy atom. The lowest BCUT2D eigenvalue weighted by Gasteiger charge is -2.35. The van der Waals surface area contributed by atoms with E-state index in [4.69, 9.17) is 0 Å². The van der Waals surface area contributed by atoms with Crippen LogP contribution in [-0.4, -0.2) is 36.8 Å². The Morgan fingerprint density at radius 1 is 1.08 bits per heavy atom. The van der Waals surface area contributed by atoms with Crippen molar-refractivity contribution in [2.24, 2.45) is 0 Å². The lowest BCUT2D eigenvalue weighted by Crippen LogP contribution is -2.46. The van der Waals surface area contributed by atoms with E-state index in [-0.39, 0.29) is 30.0 Å². The summed E-state index contributed by atoms with van der Waals surface area (Å²) in [6.45, 7) is 7.77. The molecule has 1 fully saturated rings. The average molecular weight is 554 g/mol. The molecule has 2 N–H and O–H groups in total. The molecule has 1 aliphatic carbocycles. The quantitative estimate of drug-likeness (QED) is 0.381. The normalized spacial score (nSPS) is 20.8. The zero-order valence-corrected chi connectivity index (χ0v) is 24.3. The van der Waals surface area contributed by atoms with Crippen molar-refractivity contribution in [3.8, 4) is 0 Å². The highest BCUT2D eigenvalue weighted by molar-refractivity contribution is 7.89. The Balaban J connectivity index is 1.28. The minimum atomic E-state index is -3.68. The van der Waals surface area contributed by atoms with E-state index in [9.17, 15) is 13.2 Å². The molecule has 1 aliphatic heterocycles. The summed E-state index contributed by atoms with van der Waals surface area (Å²) in [6.07, 6.45) is 5.62. The molecule has 2 atom stereocenters. The minimum absolute atomic E-state index is 0.0228. The lowest BCUT2D eigenvalue weighted by molar-refractivity contribution is -0.123. The molecule has 38 heavy (non-hydrogen) atoms. The minimum Gasteiger partial charge on any atom is -0.349 e. The van der Waals surface area contributed by atoms with Gasteiger partial charge in [0.05, 0.1) is 6.04 Å². The van der Waals surface area contributed by atoms with Gasteiger partial charge >= 0.3 is 0 Å². The van der Waals surface area contributed by atoms with Gasteiger partial charge in [0.15, 0.2) is 0 Å². The van der Waals surface area contributed by atoms with Crippen LogP contribution < -0.4 is 10.6 Å². The van der Waals surface area contributed by atoms with Gasteiger partial charge in [-0.15, -0.1) is 11.3 Å². The van der Waals surface area contributed by atoms with Crippen molar-refractivity contribution < 1.29 is 13.2 Å². The summed E-state index contributed by atoms with van der Waals surface area (Å²) in [5.74, 6) is -0.0661. The highest BCUT2D eigenvalue weighted by atomic mass is 32.2. The highest BCUT2D eigenvalue weighted by Crippen LogP contribution is 2.35. The molecule has 1 aromatic heterocycles. The zero-order chi connectivity index (χ0) is 26.9. The second kappa shape index (κ2) is 11.1. The number of carbonyl (C=O) groups excluding carboxylic acids is 1. The fraction of sp³-hybridized carbons (Fsp3) is 0.500. The molecule has 1 unspecified atom stereocenters. The molecular weight excluding hydrogens is 514 g/mol. The number of rotatable bonds is 7. The third-order valence-electron chi connectivity index (χ3n) is 7.71. The number of nitrogens with zero attached hydrogens (tertiary/aromatic N) is 1. The number of amides is 1. The van der Waals surface area contributed by atoms with Gasteiger partial charge in [0, 0.05) is 46.6 Å². The van der Waals surface area contributed by atoms with Gasteiger partial charge < -0.3 is 10.6 Å². The van der Waals surface area contributed by atoms with Gasteiger partial charge in [-0.3, -0.25) is 4.79 Å². The summed E-state index contributed by atoms with van der Waals surface area (Å²) in [6, 6.07) is 13.9. The Morgan fingerprint density at radius 3 is 2.71 bits per heavy atom. The number of sulfonamides is 1. The van der Waals surface area contributed by atoms with Gasteiger partial charge in [-0.25, -0.2) is 8.42 Å². The van der Waals surface area contributed by atoms with Crippen LogP contribution in [0, 0.1) is 0 Å². The van der Waals surface area contributed by atoms with Gasteiger partial charge in [0.1, 0.15) is 4.90 Å². The molecule has 0 spiro atoms. The molecule has 3 aromatic rings. The van der Waals surface area contributed by atoms with E-state index in [1.165, 1.54) is 28.0 Å². The molecule has 1 saturated heterocycles. The molecule has 204 valence electrons. The standard InChI is InChI=1S/C30H39N3O3S2/c1-30(2,3)31-19-21-14-15-24-22(17-21)9-8-12-26(24)32-29(34)18-23-10-6-7-16-33(23)38(35,36)28-20-37-27-13-5-4-11-25(27)28/h4-5,11,13-15,17,20,23,26,31H,6-10,12,16,18-19H2,1-3H3,(H,32,34)/t23?,26-/m1/s1. The molecule has 0 saturated carbocycles. The van der Waals surface area contributed by atoms with E-state index < -0.39 is 10.0 Å². The Labute approximate surface area is 230 Å². The summed E-state index contributed by atoms with van der Waals surface area (Å²) in [5.41, 5.74) is 3.82. The Bertz CT molecular complexity index is 1410. The number of carbonyl (C=O) groups is 1. The average Bonchev–Trinajstić information content (AvgIpc) is 3.32. The number of hydrogen-bond acceptors (Lipinski definition) is 5. The number of fused-ring (bicyclic) bond motifs is 2. The number of piperidine rings is 1. The van der Waals surface area contributed by atoms with E-state index in [2.05, 4.69) is 49.6 Å². The fourth-order valence-corrected chi connectivity index (χ4v) is 8.90. The van der Waals surface area contributed by atoms with E-state index in [1.807, 2.05) is 24.3 Å². The highest BCUT2D eigenvalue weighted by Gasteiger charge is 2.36. The molecule has 0 radical (unpaired) electrons. The molecule has 2 aromatic carbocycles. The van der Waals surface area contributed by atoms with E-state index in [0.717, 1.165) is 48.7 Å². The van der Waals surface area contributed by atoms with Crippen molar-refractivity contribution in [1.29, 1.82) is 0 Å². The van der Waals surface area contributed by atoms with Crippen LogP contribution in [0.1, 0.15) is 82.0 Å². The Kier molecular flexibility index (Phi) is 7.96. The van der Waals surface area contributed by atoms with E-state index in [1.54, 1.807) is 9.69 Å². The van der Waals surface area contributed by atoms with Crippen LogP contribution in [0.4, 0.5) is 0 Å². The van der Waals surface area contributed by atoms with Crippen molar-refractivity contribution in [3.05, 3.63) is 64.5 Å². The second-order valence-electron chi connectivity index (χ2n) is 11.7. The first-order valence-corrected chi connectivity index (χ1v) is 16.1. The first-order valence-electron chi connectivity index (χ1n) is 13.8. The van der Waals surface area contributed by atoms with Gasteiger partial charge in [0.25, 0.3) is 0 Å². The smallest absolute Gasteiger partial charge is 0.244 e. The predicted octanol–water partition coefficient (Wildman–Crippen LogP) is 5.92. The van der Waals surface area contributed by atoms with Crippen molar-refractivity contribution in [3.63, 3.8) is 0 Å². The predicted molar refractivity (Wildman–Crippen MR) is 155 cm³/mol. The molecule has 1 amide bonds. The first-order chi connectivity index (χ1) is 18.1. The summed E-state index contributed by atoms with van der Waals surface area (Å²) in [5, 5.41) is 9.32. The lowest BCUT2D eigenvalue weighted by atomic mass is 9.86. The number of aryl methyl sites for hydroxylation is 1. The topological polar surface area (TPSA) is 78.5 Å². The maximum Gasteiger partial charge on any atom is 0.244 e. The number of hydrogen-bond donors (Lipinski definition) is 2. The van der Waals surface area contributed by atoms with E-state index in [0.29, 0.717) is 17.9 Å². The van der Waals surface area contributed by atoms with Crippen molar-refractivity contribution in [2.45, 2.75) is 94.8 Å². The maximum atomic E-state index is 13.8. The molecule has 2 heterocycles. The van der Waals surface area contributed by atoms with Gasteiger partial charge in [-0.2, -0.15) is 4.31 Å². The van der Waals surface area contributed by atoms with Crippen LogP contribution in [0.3, 0.4) is 0 Å². The SMILES string of the molecule is CC(C)(C)NCc1ccc2c(c1)CCC[C@H]2NC(=O)CC1CCCCN1S(=O)(=O)c1csc2ccccc12. The molecule has 8 heteroatoms. The largest absolute Gasteiger partial charge is 0.349 e. The van der Waals surface area contributed by atoms with Crippen LogP contribution in [0.15, 0.2) is 52.7 Å². The molecule has 0 bridgehead atoms. The van der Waals surface area contributed by atoms with Crippen LogP contribution in [0.5, 0.6) is 0 Å². The summed E-state index contributed by atoms with van der Waals surface area (Å²) in [4.78, 5) is 13.7. The van der Waals surface area contributed by atoms with Crippen molar-refractivity contribution >= 4 is 37.4 Å². The fourth-order valence-electron chi connectivity index (χ4n) is 5.74. The molecule has 5 rings (SSSR count). The van der Waals surface area contributed by atoms with Crippen LogP contribution in [-0.2, 0) is 27.8 Å². The van der Waals surface area contributed by atoms with Gasteiger partial charge in [-0.1, -0.05) is 42.8 Å². The summed E-state index contributed by atoms with van der Waals surface area (Å²) in [7, 11) is -3.68. The number of benzene rings is 2. The maximum absolute atomic E-state index is 13.8. The monoisotopic (exact) mass is 553 g/mol. The summed E-state index contributed by atoms with van der Waals surface area (Å²) < 4.78 is 30.1. The van der Waals surface area contributed by atoms with Gasteiger partial charge in [-0.05, 0) is 75.6 Å². The third-order valence-corrected chi connectivity index (χ3v) is 10.8. The van der Waals surface area contributed by atoms with Crippen molar-refractivity contribution in [2.75, 3.05) is 6.54 Å². The van der Waals surface area contributed by atoms with Crippen LogP contribution >= 0.6 is 11.3 Å². The first kappa shape index (κ1) is 27.3. The second-order valence-corrected chi connectivity index (χ2v) is 14.5. The Hall–Kier alpha value is -2.26. The van der Waals surface area contributed by atoms with E-state index >= 15 is 0 Å². The molecule has 2 aliphatic rings.